The van der Waals surface area contributed by atoms with Gasteiger partial charge in [-0.3, -0.25) is 14.1 Å². The molecule has 1 atom stereocenters. The predicted octanol–water partition coefficient (Wildman–Crippen LogP) is 4.97. The van der Waals surface area contributed by atoms with E-state index in [1.54, 1.807) is 11.8 Å². The highest BCUT2D eigenvalue weighted by Gasteiger charge is 2.29. The van der Waals surface area contributed by atoms with Gasteiger partial charge >= 0.3 is 6.09 Å². The van der Waals surface area contributed by atoms with Gasteiger partial charge in [-0.25, -0.2) is 4.79 Å². The first-order valence-electron chi connectivity index (χ1n) is 18.7. The number of alkyl carbamates (subject to hydrolysis) is 1. The van der Waals surface area contributed by atoms with Crippen molar-refractivity contribution in [2.75, 3.05) is 74.7 Å². The van der Waals surface area contributed by atoms with Crippen LogP contribution in [-0.4, -0.2) is 107 Å². The zero-order valence-corrected chi connectivity index (χ0v) is 33.6. The van der Waals surface area contributed by atoms with Gasteiger partial charge in [-0.2, -0.15) is 8.42 Å². The summed E-state index contributed by atoms with van der Waals surface area (Å²) in [6.07, 6.45) is 7.72. The Hall–Kier alpha value is -4.09. The molecular weight excluding hydrogens is 747 g/mol. The van der Waals surface area contributed by atoms with E-state index in [-0.39, 0.29) is 35.8 Å². The molecule has 0 spiro atoms. The van der Waals surface area contributed by atoms with Crippen LogP contribution in [0.15, 0.2) is 71.8 Å². The number of thioether (sulfide) groups is 1. The van der Waals surface area contributed by atoms with Crippen LogP contribution in [0.1, 0.15) is 58.4 Å². The number of rotatable bonds is 22. The van der Waals surface area contributed by atoms with Crippen molar-refractivity contribution >= 4 is 56.7 Å². The molecule has 2 aromatic carbocycles. The van der Waals surface area contributed by atoms with E-state index in [4.69, 9.17) is 14.2 Å². The maximum atomic E-state index is 12.4. The smallest absolute Gasteiger partial charge is 0.407 e. The molecule has 2 aliphatic heterocycles. The second-order valence-electron chi connectivity index (χ2n) is 14.0. The number of nitrogens with one attached hydrogen (secondary N) is 3. The van der Waals surface area contributed by atoms with E-state index >= 15 is 0 Å². The minimum Gasteiger partial charge on any atom is -0.444 e. The maximum absolute atomic E-state index is 12.4. The van der Waals surface area contributed by atoms with Gasteiger partial charge in [0.15, 0.2) is 0 Å². The molecule has 302 valence electrons. The average Bonchev–Trinajstić information content (AvgIpc) is 3.47. The lowest BCUT2D eigenvalue weighted by atomic mass is 9.99. The number of anilines is 2. The van der Waals surface area contributed by atoms with Crippen LogP contribution in [0.5, 0.6) is 0 Å². The van der Waals surface area contributed by atoms with Crippen LogP contribution in [0.25, 0.3) is 5.57 Å². The summed E-state index contributed by atoms with van der Waals surface area (Å²) in [5.41, 5.74) is 3.71. The predicted molar refractivity (Wildman–Crippen MR) is 216 cm³/mol. The number of benzene rings is 2. The molecule has 3 amide bonds. The average molecular weight is 802 g/mol. The van der Waals surface area contributed by atoms with Crippen LogP contribution in [-0.2, 0) is 33.9 Å². The zero-order chi connectivity index (χ0) is 39.7. The van der Waals surface area contributed by atoms with Gasteiger partial charge in [0, 0.05) is 74.5 Å². The van der Waals surface area contributed by atoms with Crippen molar-refractivity contribution in [2.45, 2.75) is 68.7 Å². The Labute approximate surface area is 329 Å². The van der Waals surface area contributed by atoms with Gasteiger partial charge in [-0.1, -0.05) is 42.1 Å². The van der Waals surface area contributed by atoms with Gasteiger partial charge in [0.1, 0.15) is 5.60 Å². The number of carbonyl (C=O) groups excluding carboxylic acids is 3. The number of amides is 3. The zero-order valence-electron chi connectivity index (χ0n) is 32.0. The van der Waals surface area contributed by atoms with Crippen molar-refractivity contribution in [3.05, 3.63) is 72.4 Å². The number of hydrogen-bond donors (Lipinski definition) is 4. The molecule has 2 heterocycles. The highest BCUT2D eigenvalue weighted by Crippen LogP contribution is 2.45. The number of ether oxygens (including phenoxy) is 3. The molecule has 0 fully saturated rings. The molecule has 14 nitrogen and oxygen atoms in total. The molecule has 0 bridgehead atoms. The minimum atomic E-state index is -4.04. The van der Waals surface area contributed by atoms with Crippen LogP contribution in [0.2, 0.25) is 0 Å². The summed E-state index contributed by atoms with van der Waals surface area (Å²) in [5.74, 6) is -0.683. The molecule has 0 aromatic heterocycles. The normalized spacial score (nSPS) is 15.8. The Bertz CT molecular complexity index is 1750. The molecule has 4 N–H and O–H groups in total. The Morgan fingerprint density at radius 3 is 2.20 bits per heavy atom. The van der Waals surface area contributed by atoms with Crippen molar-refractivity contribution in [2.24, 2.45) is 0 Å². The van der Waals surface area contributed by atoms with E-state index in [1.165, 1.54) is 0 Å². The van der Waals surface area contributed by atoms with E-state index in [2.05, 4.69) is 56.1 Å². The second-order valence-corrected chi connectivity index (χ2v) is 16.7. The van der Waals surface area contributed by atoms with Gasteiger partial charge in [0.05, 0.1) is 36.6 Å². The fraction of sp³-hybridized carbons (Fsp3) is 0.513. The quantitative estimate of drug-likeness (QED) is 0.0931. The van der Waals surface area contributed by atoms with Gasteiger partial charge in [-0.05, 0) is 76.0 Å². The number of carbonyl (C=O) groups is 3. The van der Waals surface area contributed by atoms with Crippen molar-refractivity contribution in [1.29, 1.82) is 0 Å². The third kappa shape index (κ3) is 15.9. The van der Waals surface area contributed by atoms with Gasteiger partial charge in [-0.15, -0.1) is 0 Å². The molecule has 4 rings (SSSR count). The second kappa shape index (κ2) is 21.9. The summed E-state index contributed by atoms with van der Waals surface area (Å²) in [6.45, 7) is 9.45. The van der Waals surface area contributed by atoms with Gasteiger partial charge in [0.2, 0.25) is 11.8 Å². The van der Waals surface area contributed by atoms with Crippen molar-refractivity contribution in [3.63, 3.8) is 0 Å². The molecular formula is C39H55N5O9S2. The fourth-order valence-corrected chi connectivity index (χ4v) is 7.64. The third-order valence-electron chi connectivity index (χ3n) is 8.36. The largest absolute Gasteiger partial charge is 0.444 e. The van der Waals surface area contributed by atoms with E-state index < -0.39 is 21.8 Å². The Morgan fingerprint density at radius 2 is 1.47 bits per heavy atom. The van der Waals surface area contributed by atoms with Crippen LogP contribution in [0.4, 0.5) is 16.2 Å². The summed E-state index contributed by atoms with van der Waals surface area (Å²) in [4.78, 5) is 41.7. The molecule has 1 unspecified atom stereocenters. The van der Waals surface area contributed by atoms with Gasteiger partial charge in [0.25, 0.3) is 10.1 Å². The Morgan fingerprint density at radius 1 is 0.818 bits per heavy atom. The molecule has 16 heteroatoms. The summed E-state index contributed by atoms with van der Waals surface area (Å²) in [5, 5.41) is 8.30. The maximum Gasteiger partial charge on any atom is 0.407 e. The minimum absolute atomic E-state index is 0.0477. The number of hydrogen-bond acceptors (Lipinski definition) is 11. The standard InChI is InChI=1S/C39H55N5O9S2/c1-39(2,3)53-38(47)42-19-9-24-51-26-27-52-25-20-41-36(46)16-15-35(45)40-18-8-21-43-23-17-30(31-11-4-5-12-32(31)43)29-37-44(22-10-28-55(48,49)50)33-13-6-7-14-34(33)54-37/h4-7,11-14,17,23,29,37H,8-10,15-16,18-22,24-28H2,1-3H3,(H,40,45)(H,41,46)(H,42,47)(H,48,49,50). The molecule has 0 saturated carbocycles. The lowest BCUT2D eigenvalue weighted by Crippen LogP contribution is -2.33. The SMILES string of the molecule is CC(C)(C)OC(=O)NCCCOCCOCCNC(=O)CCC(=O)NCCCN1C=CC(=CC2Sc3ccccc3N2CCCS(=O)(=O)O)c2ccccc21. The third-order valence-corrected chi connectivity index (χ3v) is 10.4. The molecule has 55 heavy (non-hydrogen) atoms. The Kier molecular flexibility index (Phi) is 17.3. The van der Waals surface area contributed by atoms with Crippen molar-refractivity contribution in [3.8, 4) is 0 Å². The van der Waals surface area contributed by atoms with Crippen LogP contribution < -0.4 is 25.8 Å². The van der Waals surface area contributed by atoms with Crippen molar-refractivity contribution < 1.29 is 41.6 Å². The number of fused-ring (bicyclic) bond motifs is 2. The van der Waals surface area contributed by atoms with Gasteiger partial charge < -0.3 is 40.0 Å². The van der Waals surface area contributed by atoms with Crippen LogP contribution in [0.3, 0.4) is 0 Å². The fourth-order valence-electron chi connectivity index (χ4n) is 5.86. The first-order chi connectivity index (χ1) is 26.3. The Balaban J connectivity index is 1.09. The summed E-state index contributed by atoms with van der Waals surface area (Å²) >= 11 is 1.71. The number of allylic oxidation sites excluding steroid dienone is 2. The number of para-hydroxylation sites is 2. The number of nitrogens with zero attached hydrogens (tertiary/aromatic N) is 2. The highest BCUT2D eigenvalue weighted by molar-refractivity contribution is 8.00. The highest BCUT2D eigenvalue weighted by atomic mass is 32.2. The van der Waals surface area contributed by atoms with E-state index in [0.717, 1.165) is 27.4 Å². The lowest BCUT2D eigenvalue weighted by molar-refractivity contribution is -0.126. The molecule has 0 saturated heterocycles. The summed E-state index contributed by atoms with van der Waals surface area (Å²) in [6, 6.07) is 16.2. The molecule has 0 radical (unpaired) electrons. The molecule has 0 aliphatic carbocycles. The lowest BCUT2D eigenvalue weighted by Gasteiger charge is -2.29. The van der Waals surface area contributed by atoms with Crippen LogP contribution >= 0.6 is 11.8 Å². The van der Waals surface area contributed by atoms with E-state index in [1.807, 2.05) is 57.3 Å². The molecule has 2 aromatic rings. The monoisotopic (exact) mass is 801 g/mol. The van der Waals surface area contributed by atoms with Crippen molar-refractivity contribution in [1.82, 2.24) is 16.0 Å². The van der Waals surface area contributed by atoms with Crippen LogP contribution in [0, 0.1) is 0 Å². The first kappa shape index (κ1) is 43.6. The van der Waals surface area contributed by atoms with E-state index in [9.17, 15) is 27.4 Å². The van der Waals surface area contributed by atoms with E-state index in [0.29, 0.717) is 78.4 Å². The molecule has 2 aliphatic rings. The topological polar surface area (TPSA) is 176 Å². The summed E-state index contributed by atoms with van der Waals surface area (Å²) in [7, 11) is -4.04. The first-order valence-corrected chi connectivity index (χ1v) is 21.2. The summed E-state index contributed by atoms with van der Waals surface area (Å²) < 4.78 is 48.1.